The first-order valence-electron chi connectivity index (χ1n) is 8.10. The number of carbonyl (C=O) groups excluding carboxylic acids is 1. The second-order valence-electron chi connectivity index (χ2n) is 6.40. The minimum Gasteiger partial charge on any atom is -0.459 e. The molecule has 1 aliphatic heterocycles. The molecule has 1 N–H and O–H groups in total. The normalized spacial score (nSPS) is 30.2. The fraction of sp³-hybridized carbons (Fsp3) is 0.938. The van der Waals surface area contributed by atoms with Crippen molar-refractivity contribution in [2.24, 2.45) is 0 Å². The molecule has 0 aromatic heterocycles. The van der Waals surface area contributed by atoms with Crippen molar-refractivity contribution < 1.29 is 14.6 Å². The Bertz CT molecular complexity index is 276. The van der Waals surface area contributed by atoms with Gasteiger partial charge in [-0.15, -0.1) is 0 Å². The molecule has 0 bridgehead atoms. The topological polar surface area (TPSA) is 46.5 Å². The number of aliphatic hydroxyl groups excluding tert-OH is 1. The highest BCUT2D eigenvalue weighted by Gasteiger charge is 2.40. The van der Waals surface area contributed by atoms with E-state index in [9.17, 15) is 9.90 Å². The zero-order valence-electron chi connectivity index (χ0n) is 12.0. The molecule has 19 heavy (non-hydrogen) atoms. The van der Waals surface area contributed by atoms with E-state index >= 15 is 0 Å². The monoisotopic (exact) mass is 268 g/mol. The first-order valence-corrected chi connectivity index (χ1v) is 8.10. The lowest BCUT2D eigenvalue weighted by Crippen LogP contribution is -2.44. The van der Waals surface area contributed by atoms with Gasteiger partial charge in [0.05, 0.1) is 12.5 Å². The van der Waals surface area contributed by atoms with Crippen molar-refractivity contribution >= 4 is 5.97 Å². The molecule has 1 atom stereocenters. The predicted molar refractivity (Wildman–Crippen MR) is 74.9 cm³/mol. The van der Waals surface area contributed by atoms with Gasteiger partial charge in [-0.25, -0.2) is 0 Å². The highest BCUT2D eigenvalue weighted by molar-refractivity contribution is 5.71. The summed E-state index contributed by atoms with van der Waals surface area (Å²) in [5, 5.41) is 9.88. The lowest BCUT2D eigenvalue weighted by Gasteiger charge is -2.39. The van der Waals surface area contributed by atoms with Gasteiger partial charge >= 0.3 is 5.97 Å². The molecule has 1 unspecified atom stereocenters. The smallest absolute Gasteiger partial charge is 0.308 e. The second kappa shape index (κ2) is 7.28. The van der Waals surface area contributed by atoms with Crippen LogP contribution in [0.5, 0.6) is 0 Å². The Morgan fingerprint density at radius 3 is 1.84 bits per heavy atom. The second-order valence-corrected chi connectivity index (χ2v) is 6.40. The summed E-state index contributed by atoms with van der Waals surface area (Å²) >= 11 is 0. The van der Waals surface area contributed by atoms with Gasteiger partial charge in [0.15, 0.2) is 0 Å². The maximum atomic E-state index is 11.6. The maximum absolute atomic E-state index is 11.6. The zero-order valence-corrected chi connectivity index (χ0v) is 12.0. The van der Waals surface area contributed by atoms with E-state index in [0.717, 1.165) is 25.7 Å². The Labute approximate surface area is 116 Å². The number of ether oxygens (including phenoxy) is 1. The number of rotatable bonds is 0. The molecule has 1 spiro atoms. The quantitative estimate of drug-likeness (QED) is 0.681. The predicted octanol–water partition coefficient (Wildman–Crippen LogP) is 3.73. The lowest BCUT2D eigenvalue weighted by molar-refractivity contribution is -0.179. The summed E-state index contributed by atoms with van der Waals surface area (Å²) in [5.74, 6) is -0.203. The van der Waals surface area contributed by atoms with Gasteiger partial charge in [-0.05, 0) is 25.7 Å². The number of hydrogen-bond acceptors (Lipinski definition) is 3. The van der Waals surface area contributed by atoms with Crippen LogP contribution in [0.3, 0.4) is 0 Å². The van der Waals surface area contributed by atoms with Crippen molar-refractivity contribution in [2.45, 2.75) is 95.2 Å². The van der Waals surface area contributed by atoms with E-state index < -0.39 is 6.10 Å². The lowest BCUT2D eigenvalue weighted by atomic mass is 9.82. The Morgan fingerprint density at radius 2 is 1.37 bits per heavy atom. The SMILES string of the molecule is O=C1CC(O)CC2(CCCCCCCCCCC2)O1. The number of aliphatic hydroxyl groups is 1. The number of hydrogen-bond donors (Lipinski definition) is 1. The van der Waals surface area contributed by atoms with Crippen LogP contribution in [0, 0.1) is 0 Å². The van der Waals surface area contributed by atoms with E-state index in [1.165, 1.54) is 44.9 Å². The van der Waals surface area contributed by atoms with Crippen molar-refractivity contribution in [3.05, 3.63) is 0 Å². The molecule has 3 heteroatoms. The third kappa shape index (κ3) is 4.79. The van der Waals surface area contributed by atoms with Gasteiger partial charge in [-0.3, -0.25) is 4.79 Å². The minimum atomic E-state index is -0.492. The van der Waals surface area contributed by atoms with Crippen LogP contribution in [0.15, 0.2) is 0 Å². The molecule has 2 fully saturated rings. The third-order valence-electron chi connectivity index (χ3n) is 4.61. The highest BCUT2D eigenvalue weighted by Crippen LogP contribution is 2.36. The van der Waals surface area contributed by atoms with Gasteiger partial charge < -0.3 is 9.84 Å². The van der Waals surface area contributed by atoms with Gasteiger partial charge in [-0.1, -0.05) is 44.9 Å². The fourth-order valence-corrected chi connectivity index (χ4v) is 3.58. The maximum Gasteiger partial charge on any atom is 0.308 e. The van der Waals surface area contributed by atoms with Crippen LogP contribution in [0.25, 0.3) is 0 Å². The summed E-state index contributed by atoms with van der Waals surface area (Å²) in [6, 6.07) is 0. The molecular formula is C16H28O3. The number of carbonyl (C=O) groups is 1. The van der Waals surface area contributed by atoms with Crippen LogP contribution >= 0.6 is 0 Å². The van der Waals surface area contributed by atoms with Gasteiger partial charge in [0.1, 0.15) is 5.60 Å². The molecular weight excluding hydrogens is 240 g/mol. The Morgan fingerprint density at radius 1 is 0.895 bits per heavy atom. The van der Waals surface area contributed by atoms with Gasteiger partial charge in [0.2, 0.25) is 0 Å². The van der Waals surface area contributed by atoms with E-state index in [1.807, 2.05) is 0 Å². The summed E-state index contributed by atoms with van der Waals surface area (Å²) in [5.41, 5.74) is -0.353. The molecule has 1 heterocycles. The van der Waals surface area contributed by atoms with Gasteiger partial charge in [0.25, 0.3) is 0 Å². The first kappa shape index (κ1) is 14.8. The van der Waals surface area contributed by atoms with Crippen LogP contribution in [0.1, 0.15) is 83.5 Å². The molecule has 0 aromatic rings. The molecule has 1 saturated heterocycles. The molecule has 0 aromatic carbocycles. The van der Waals surface area contributed by atoms with Crippen LogP contribution in [0.4, 0.5) is 0 Å². The highest BCUT2D eigenvalue weighted by atomic mass is 16.6. The van der Waals surface area contributed by atoms with Crippen LogP contribution in [-0.4, -0.2) is 22.8 Å². The fourth-order valence-electron chi connectivity index (χ4n) is 3.58. The van der Waals surface area contributed by atoms with E-state index in [4.69, 9.17) is 4.74 Å². The standard InChI is InChI=1S/C16H28O3/c17-14-12-15(18)19-16(13-14)10-8-6-4-2-1-3-5-7-9-11-16/h14,17H,1-13H2. The average Bonchev–Trinajstić information content (AvgIpc) is 2.33. The van der Waals surface area contributed by atoms with Gasteiger partial charge in [0, 0.05) is 6.42 Å². The summed E-state index contributed by atoms with van der Waals surface area (Å²) in [6.45, 7) is 0. The number of esters is 1. The molecule has 1 saturated carbocycles. The molecule has 0 radical (unpaired) electrons. The van der Waals surface area contributed by atoms with Crippen molar-refractivity contribution in [1.29, 1.82) is 0 Å². The van der Waals surface area contributed by atoms with Crippen LogP contribution in [-0.2, 0) is 9.53 Å². The third-order valence-corrected chi connectivity index (χ3v) is 4.61. The Kier molecular flexibility index (Phi) is 5.68. The Hall–Kier alpha value is -0.570. The van der Waals surface area contributed by atoms with Gasteiger partial charge in [-0.2, -0.15) is 0 Å². The van der Waals surface area contributed by atoms with Crippen LogP contribution in [0.2, 0.25) is 0 Å². The molecule has 110 valence electrons. The van der Waals surface area contributed by atoms with E-state index in [2.05, 4.69) is 0 Å². The largest absolute Gasteiger partial charge is 0.459 e. The summed E-state index contributed by atoms with van der Waals surface area (Å²) in [4.78, 5) is 11.6. The van der Waals surface area contributed by atoms with E-state index in [-0.39, 0.29) is 18.0 Å². The van der Waals surface area contributed by atoms with Crippen molar-refractivity contribution in [1.82, 2.24) is 0 Å². The molecule has 0 amide bonds. The van der Waals surface area contributed by atoms with E-state index in [1.54, 1.807) is 0 Å². The van der Waals surface area contributed by atoms with Crippen LogP contribution < -0.4 is 0 Å². The molecule has 2 aliphatic rings. The average molecular weight is 268 g/mol. The molecule has 3 nitrogen and oxygen atoms in total. The summed E-state index contributed by atoms with van der Waals surface area (Å²) in [7, 11) is 0. The van der Waals surface area contributed by atoms with E-state index in [0.29, 0.717) is 6.42 Å². The van der Waals surface area contributed by atoms with Crippen molar-refractivity contribution in [3.63, 3.8) is 0 Å². The summed E-state index contributed by atoms with van der Waals surface area (Å²) < 4.78 is 5.69. The molecule has 1 aliphatic carbocycles. The van der Waals surface area contributed by atoms with Crippen molar-refractivity contribution in [3.8, 4) is 0 Å². The molecule has 2 rings (SSSR count). The first-order chi connectivity index (χ1) is 9.20. The minimum absolute atomic E-state index is 0.182. The van der Waals surface area contributed by atoms with Crippen molar-refractivity contribution in [2.75, 3.05) is 0 Å². The summed E-state index contributed by atoms with van der Waals surface area (Å²) in [6.07, 6.45) is 13.6. The Balaban J connectivity index is 1.95. The zero-order chi connectivity index (χ0) is 13.6.